The summed E-state index contributed by atoms with van der Waals surface area (Å²) in [5, 5.41) is 3.77. The van der Waals surface area contributed by atoms with Gasteiger partial charge in [-0.15, -0.1) is 0 Å². The minimum Gasteiger partial charge on any atom is -0.381 e. The number of amides is 1. The molecular weight excluding hydrogens is 342 g/mol. The molecule has 0 aromatic heterocycles. The Morgan fingerprint density at radius 3 is 2.52 bits per heavy atom. The Hall–Kier alpha value is -1.18. The Morgan fingerprint density at radius 1 is 1.20 bits per heavy atom. The molecule has 138 valence electrons. The zero-order valence-electron chi connectivity index (χ0n) is 14.4. The number of benzene rings is 1. The number of nitrogens with zero attached hydrogens (tertiary/aromatic N) is 1. The molecule has 0 saturated carbocycles. The average Bonchev–Trinajstić information content (AvgIpc) is 2.64. The molecule has 1 aromatic rings. The predicted molar refractivity (Wildman–Crippen MR) is 96.6 cm³/mol. The third-order valence-electron chi connectivity index (χ3n) is 5.04. The Balaban J connectivity index is 1.71. The van der Waals surface area contributed by atoms with Gasteiger partial charge >= 0.3 is 0 Å². The maximum Gasteiger partial charge on any atom is 0.240 e. The number of morpholine rings is 1. The van der Waals surface area contributed by atoms with Crippen LogP contribution in [0.5, 0.6) is 0 Å². The summed E-state index contributed by atoms with van der Waals surface area (Å²) in [6.45, 7) is 4.53. The van der Waals surface area contributed by atoms with E-state index >= 15 is 0 Å². The third kappa shape index (κ3) is 4.51. The van der Waals surface area contributed by atoms with Gasteiger partial charge in [-0.05, 0) is 24.5 Å². The molecule has 1 aromatic carbocycles. The van der Waals surface area contributed by atoms with Crippen molar-refractivity contribution in [3.8, 4) is 0 Å². The number of carbonyl (C=O) groups is 1. The normalized spacial score (nSPS) is 22.3. The van der Waals surface area contributed by atoms with Crippen LogP contribution in [-0.2, 0) is 14.3 Å². The van der Waals surface area contributed by atoms with Crippen molar-refractivity contribution in [1.82, 2.24) is 10.2 Å². The lowest BCUT2D eigenvalue weighted by Gasteiger charge is -2.37. The predicted octanol–water partition coefficient (Wildman–Crippen LogP) is 1.34. The van der Waals surface area contributed by atoms with E-state index in [9.17, 15) is 4.79 Å². The molecular formula is C18H26ClN3O3. The van der Waals surface area contributed by atoms with E-state index < -0.39 is 5.54 Å². The van der Waals surface area contributed by atoms with Crippen molar-refractivity contribution in [2.45, 2.75) is 24.4 Å². The first-order valence-corrected chi connectivity index (χ1v) is 9.19. The second kappa shape index (κ2) is 8.47. The van der Waals surface area contributed by atoms with Crippen molar-refractivity contribution in [3.05, 3.63) is 34.9 Å². The van der Waals surface area contributed by atoms with Crippen LogP contribution in [0.15, 0.2) is 24.3 Å². The topological polar surface area (TPSA) is 76.8 Å². The Bertz CT molecular complexity index is 587. The second-order valence-corrected chi connectivity index (χ2v) is 7.07. The zero-order chi connectivity index (χ0) is 17.7. The molecule has 3 rings (SSSR count). The highest BCUT2D eigenvalue weighted by molar-refractivity contribution is 6.31. The van der Waals surface area contributed by atoms with Gasteiger partial charge in [0.05, 0.1) is 24.8 Å². The van der Waals surface area contributed by atoms with Gasteiger partial charge in [0, 0.05) is 37.9 Å². The summed E-state index contributed by atoms with van der Waals surface area (Å²) in [6, 6.07) is 7.79. The lowest BCUT2D eigenvalue weighted by atomic mass is 9.90. The number of nitrogens with one attached hydrogen (secondary N) is 1. The van der Waals surface area contributed by atoms with E-state index in [4.69, 9.17) is 26.8 Å². The van der Waals surface area contributed by atoms with Crippen molar-refractivity contribution < 1.29 is 14.3 Å². The molecule has 25 heavy (non-hydrogen) atoms. The number of nitrogens with two attached hydrogens (primary N) is 1. The summed E-state index contributed by atoms with van der Waals surface area (Å²) in [4.78, 5) is 15.0. The van der Waals surface area contributed by atoms with Gasteiger partial charge in [-0.1, -0.05) is 29.8 Å². The molecule has 0 radical (unpaired) electrons. The first kappa shape index (κ1) is 18.6. The van der Waals surface area contributed by atoms with Gasteiger partial charge in [-0.3, -0.25) is 9.69 Å². The number of halogens is 1. The molecule has 2 fully saturated rings. The van der Waals surface area contributed by atoms with Gasteiger partial charge in [0.2, 0.25) is 5.91 Å². The highest BCUT2D eigenvalue weighted by Crippen LogP contribution is 2.28. The van der Waals surface area contributed by atoms with Crippen molar-refractivity contribution in [2.75, 3.05) is 46.1 Å². The number of carbonyl (C=O) groups excluding carboxylic acids is 1. The minimum atomic E-state index is -0.839. The van der Waals surface area contributed by atoms with E-state index in [1.54, 1.807) is 0 Å². The van der Waals surface area contributed by atoms with Crippen LogP contribution in [0.4, 0.5) is 0 Å². The van der Waals surface area contributed by atoms with Crippen molar-refractivity contribution >= 4 is 17.5 Å². The lowest BCUT2D eigenvalue weighted by molar-refractivity contribution is -0.130. The maximum absolute atomic E-state index is 12.7. The second-order valence-electron chi connectivity index (χ2n) is 6.66. The van der Waals surface area contributed by atoms with Crippen LogP contribution in [0.2, 0.25) is 5.02 Å². The van der Waals surface area contributed by atoms with Crippen molar-refractivity contribution in [1.29, 1.82) is 0 Å². The smallest absolute Gasteiger partial charge is 0.240 e. The van der Waals surface area contributed by atoms with Crippen LogP contribution in [0.1, 0.15) is 24.4 Å². The monoisotopic (exact) mass is 367 g/mol. The Morgan fingerprint density at radius 2 is 1.84 bits per heavy atom. The fourth-order valence-corrected chi connectivity index (χ4v) is 3.66. The van der Waals surface area contributed by atoms with E-state index in [0.717, 1.165) is 18.7 Å². The van der Waals surface area contributed by atoms with E-state index in [-0.39, 0.29) is 11.9 Å². The quantitative estimate of drug-likeness (QED) is 0.821. The van der Waals surface area contributed by atoms with Crippen LogP contribution in [-0.4, -0.2) is 62.4 Å². The van der Waals surface area contributed by atoms with Crippen LogP contribution in [0, 0.1) is 0 Å². The molecule has 6 nitrogen and oxygen atoms in total. The molecule has 2 aliphatic rings. The molecule has 2 heterocycles. The van der Waals surface area contributed by atoms with Gasteiger partial charge in [-0.2, -0.15) is 0 Å². The van der Waals surface area contributed by atoms with Gasteiger partial charge in [0.15, 0.2) is 0 Å². The van der Waals surface area contributed by atoms with Crippen LogP contribution in [0.25, 0.3) is 0 Å². The number of rotatable bonds is 5. The standard InChI is InChI=1S/C18H26ClN3O3/c19-15-4-2-1-3-14(15)16(22-7-11-25-12-8-22)13-21-17(23)18(20)5-9-24-10-6-18/h1-4,16H,5-13,20H2,(H,21,23). The molecule has 1 atom stereocenters. The molecule has 2 aliphatic heterocycles. The molecule has 1 unspecified atom stereocenters. The number of hydrogen-bond acceptors (Lipinski definition) is 5. The first-order chi connectivity index (χ1) is 12.1. The van der Waals surface area contributed by atoms with Crippen LogP contribution in [0.3, 0.4) is 0 Å². The van der Waals surface area contributed by atoms with Crippen LogP contribution >= 0.6 is 11.6 Å². The zero-order valence-corrected chi connectivity index (χ0v) is 15.1. The van der Waals surface area contributed by atoms with E-state index in [1.165, 1.54) is 0 Å². The van der Waals surface area contributed by atoms with E-state index in [1.807, 2.05) is 24.3 Å². The molecule has 2 saturated heterocycles. The molecule has 7 heteroatoms. The van der Waals surface area contributed by atoms with E-state index in [0.29, 0.717) is 50.8 Å². The summed E-state index contributed by atoms with van der Waals surface area (Å²) >= 11 is 6.42. The first-order valence-electron chi connectivity index (χ1n) is 8.81. The molecule has 1 amide bonds. The Kier molecular flexibility index (Phi) is 6.30. The van der Waals surface area contributed by atoms with Crippen LogP contribution < -0.4 is 11.1 Å². The van der Waals surface area contributed by atoms with Gasteiger partial charge in [-0.25, -0.2) is 0 Å². The minimum absolute atomic E-state index is 0.00462. The fraction of sp³-hybridized carbons (Fsp3) is 0.611. The number of hydrogen-bond donors (Lipinski definition) is 2. The highest BCUT2D eigenvalue weighted by Gasteiger charge is 2.36. The summed E-state index contributed by atoms with van der Waals surface area (Å²) in [7, 11) is 0. The molecule has 0 spiro atoms. The lowest BCUT2D eigenvalue weighted by Crippen LogP contribution is -2.58. The van der Waals surface area contributed by atoms with Gasteiger partial charge < -0.3 is 20.5 Å². The molecule has 0 bridgehead atoms. The Labute approximate surface area is 153 Å². The summed E-state index contributed by atoms with van der Waals surface area (Å²) in [5.74, 6) is -0.110. The summed E-state index contributed by atoms with van der Waals surface area (Å²) in [6.07, 6.45) is 1.10. The average molecular weight is 368 g/mol. The summed E-state index contributed by atoms with van der Waals surface area (Å²) in [5.41, 5.74) is 6.46. The fourth-order valence-electron chi connectivity index (χ4n) is 3.40. The molecule has 0 aliphatic carbocycles. The van der Waals surface area contributed by atoms with Gasteiger partial charge in [0.1, 0.15) is 0 Å². The highest BCUT2D eigenvalue weighted by atomic mass is 35.5. The third-order valence-corrected chi connectivity index (χ3v) is 5.39. The van der Waals surface area contributed by atoms with Crippen molar-refractivity contribution in [2.24, 2.45) is 5.73 Å². The maximum atomic E-state index is 12.7. The summed E-state index contributed by atoms with van der Waals surface area (Å²) < 4.78 is 10.8. The van der Waals surface area contributed by atoms with E-state index in [2.05, 4.69) is 10.2 Å². The number of ether oxygens (including phenoxy) is 2. The molecule has 3 N–H and O–H groups in total. The van der Waals surface area contributed by atoms with Crippen molar-refractivity contribution in [3.63, 3.8) is 0 Å². The largest absolute Gasteiger partial charge is 0.381 e. The van der Waals surface area contributed by atoms with Gasteiger partial charge in [0.25, 0.3) is 0 Å². The SMILES string of the molecule is NC1(C(=O)NCC(c2ccccc2Cl)N2CCOCC2)CCOCC1.